The van der Waals surface area contributed by atoms with Crippen molar-refractivity contribution >= 4 is 44.7 Å². The second-order valence-corrected chi connectivity index (χ2v) is 6.30. The second-order valence-electron chi connectivity index (χ2n) is 5.00. The molecule has 1 aromatic carbocycles. The van der Waals surface area contributed by atoms with Crippen molar-refractivity contribution in [2.75, 3.05) is 5.32 Å². The van der Waals surface area contributed by atoms with Crippen LogP contribution < -0.4 is 5.32 Å². The van der Waals surface area contributed by atoms with Crippen molar-refractivity contribution in [3.05, 3.63) is 46.6 Å². The van der Waals surface area contributed by atoms with Gasteiger partial charge in [0.05, 0.1) is 5.39 Å². The summed E-state index contributed by atoms with van der Waals surface area (Å²) >= 11 is 7.97. The van der Waals surface area contributed by atoms with Crippen molar-refractivity contribution in [3.8, 4) is 0 Å². The number of thiophene rings is 1. The number of hydrogen-bond acceptors (Lipinski definition) is 4. The molecule has 0 bridgehead atoms. The summed E-state index contributed by atoms with van der Waals surface area (Å²) in [5.41, 5.74) is 2.23. The number of halogens is 1. The summed E-state index contributed by atoms with van der Waals surface area (Å²) in [6, 6.07) is 8.20. The summed E-state index contributed by atoms with van der Waals surface area (Å²) in [7, 11) is 0. The maximum atomic E-state index is 6.36. The Labute approximate surface area is 125 Å². The number of hydrogen-bond donors (Lipinski definition) is 1. The van der Waals surface area contributed by atoms with Crippen LogP contribution in [0.25, 0.3) is 10.2 Å². The zero-order valence-electron chi connectivity index (χ0n) is 10.6. The van der Waals surface area contributed by atoms with Crippen LogP contribution in [0, 0.1) is 0 Å². The number of rotatable bonds is 3. The number of anilines is 2. The van der Waals surface area contributed by atoms with Crippen LogP contribution in [0.15, 0.2) is 36.0 Å². The van der Waals surface area contributed by atoms with E-state index < -0.39 is 0 Å². The Balaban J connectivity index is 1.68. The normalized spacial score (nSPS) is 14.7. The summed E-state index contributed by atoms with van der Waals surface area (Å²) in [6.45, 7) is 0. The molecule has 0 radical (unpaired) electrons. The van der Waals surface area contributed by atoms with Crippen LogP contribution in [0.1, 0.15) is 24.3 Å². The molecule has 20 heavy (non-hydrogen) atoms. The van der Waals surface area contributed by atoms with Gasteiger partial charge in [-0.25, -0.2) is 9.97 Å². The van der Waals surface area contributed by atoms with E-state index in [1.807, 2.05) is 17.5 Å². The fourth-order valence-corrected chi connectivity index (χ4v) is 3.42. The van der Waals surface area contributed by atoms with Gasteiger partial charge in [0.15, 0.2) is 0 Å². The van der Waals surface area contributed by atoms with E-state index in [0.29, 0.717) is 5.92 Å². The minimum atomic E-state index is 0.666. The highest BCUT2D eigenvalue weighted by Gasteiger charge is 2.25. The number of aromatic nitrogens is 2. The summed E-state index contributed by atoms with van der Waals surface area (Å²) in [5, 5.41) is 7.24. The predicted molar refractivity (Wildman–Crippen MR) is 84.1 cm³/mol. The molecule has 5 heteroatoms. The lowest BCUT2D eigenvalue weighted by Gasteiger charge is -2.09. The van der Waals surface area contributed by atoms with E-state index in [0.717, 1.165) is 26.7 Å². The van der Waals surface area contributed by atoms with Gasteiger partial charge >= 0.3 is 0 Å². The first kappa shape index (κ1) is 12.1. The van der Waals surface area contributed by atoms with Crippen molar-refractivity contribution in [2.45, 2.75) is 18.8 Å². The summed E-state index contributed by atoms with van der Waals surface area (Å²) in [4.78, 5) is 9.55. The molecule has 100 valence electrons. The third-order valence-corrected chi connectivity index (χ3v) is 4.69. The molecule has 4 rings (SSSR count). The van der Waals surface area contributed by atoms with Crippen molar-refractivity contribution in [1.29, 1.82) is 0 Å². The number of nitrogens with one attached hydrogen (secondary N) is 1. The molecule has 0 spiro atoms. The van der Waals surface area contributed by atoms with Gasteiger partial charge < -0.3 is 5.32 Å². The van der Waals surface area contributed by atoms with Crippen LogP contribution in [0.4, 0.5) is 11.5 Å². The molecule has 1 saturated carbocycles. The molecule has 0 amide bonds. The van der Waals surface area contributed by atoms with Crippen LogP contribution in [0.5, 0.6) is 0 Å². The zero-order chi connectivity index (χ0) is 13.5. The van der Waals surface area contributed by atoms with Gasteiger partial charge in [0, 0.05) is 10.7 Å². The van der Waals surface area contributed by atoms with Crippen LogP contribution in [-0.4, -0.2) is 9.97 Å². The topological polar surface area (TPSA) is 37.8 Å². The standard InChI is InChI=1S/C15H12ClN3S/c16-13-7-10(3-4-11(13)9-1-2-9)19-14-12-5-6-20-15(12)18-8-17-14/h3-9H,1-2H2,(H,17,18,19). The monoisotopic (exact) mass is 301 g/mol. The summed E-state index contributed by atoms with van der Waals surface area (Å²) in [5.74, 6) is 1.49. The molecular formula is C15H12ClN3S. The Hall–Kier alpha value is -1.65. The van der Waals surface area contributed by atoms with Crippen LogP contribution in [0.3, 0.4) is 0 Å². The first-order valence-electron chi connectivity index (χ1n) is 6.56. The molecular weight excluding hydrogens is 290 g/mol. The molecule has 0 unspecified atom stereocenters. The first-order chi connectivity index (χ1) is 9.81. The Morgan fingerprint density at radius 2 is 2.10 bits per heavy atom. The lowest BCUT2D eigenvalue weighted by atomic mass is 10.1. The molecule has 2 heterocycles. The van der Waals surface area contributed by atoms with Crippen molar-refractivity contribution in [3.63, 3.8) is 0 Å². The SMILES string of the molecule is Clc1cc(Nc2ncnc3sccc23)ccc1C1CC1. The minimum absolute atomic E-state index is 0.666. The Morgan fingerprint density at radius 1 is 1.20 bits per heavy atom. The van der Waals surface area contributed by atoms with Gasteiger partial charge in [-0.3, -0.25) is 0 Å². The number of fused-ring (bicyclic) bond motifs is 1. The highest BCUT2D eigenvalue weighted by Crippen LogP contribution is 2.44. The first-order valence-corrected chi connectivity index (χ1v) is 7.82. The van der Waals surface area contributed by atoms with Gasteiger partial charge in [-0.15, -0.1) is 11.3 Å². The van der Waals surface area contributed by atoms with Crippen molar-refractivity contribution in [2.24, 2.45) is 0 Å². The average Bonchev–Trinajstić information content (AvgIpc) is 3.16. The molecule has 0 saturated heterocycles. The molecule has 0 aliphatic heterocycles. The Morgan fingerprint density at radius 3 is 2.90 bits per heavy atom. The van der Waals surface area contributed by atoms with Gasteiger partial charge in [0.25, 0.3) is 0 Å². The highest BCUT2D eigenvalue weighted by molar-refractivity contribution is 7.16. The Kier molecular flexibility index (Phi) is 2.86. The van der Waals surface area contributed by atoms with Gasteiger partial charge in [0.2, 0.25) is 0 Å². The van der Waals surface area contributed by atoms with E-state index in [-0.39, 0.29) is 0 Å². The van der Waals surface area contributed by atoms with Gasteiger partial charge in [0.1, 0.15) is 17.0 Å². The van der Waals surface area contributed by atoms with Crippen molar-refractivity contribution in [1.82, 2.24) is 9.97 Å². The third kappa shape index (κ3) is 2.15. The maximum Gasteiger partial charge on any atom is 0.142 e. The summed E-state index contributed by atoms with van der Waals surface area (Å²) in [6.07, 6.45) is 4.10. The van der Waals surface area contributed by atoms with E-state index in [1.54, 1.807) is 17.7 Å². The van der Waals surface area contributed by atoms with E-state index in [4.69, 9.17) is 11.6 Å². The summed E-state index contributed by atoms with van der Waals surface area (Å²) < 4.78 is 0. The average molecular weight is 302 g/mol. The quantitative estimate of drug-likeness (QED) is 0.742. The Bertz CT molecular complexity index is 780. The van der Waals surface area contributed by atoms with Gasteiger partial charge in [-0.05, 0) is 47.9 Å². The molecule has 1 fully saturated rings. The smallest absolute Gasteiger partial charge is 0.142 e. The molecule has 1 N–H and O–H groups in total. The lowest BCUT2D eigenvalue weighted by Crippen LogP contribution is -1.95. The zero-order valence-corrected chi connectivity index (χ0v) is 12.2. The minimum Gasteiger partial charge on any atom is -0.340 e. The molecule has 1 aliphatic carbocycles. The van der Waals surface area contributed by atoms with Crippen LogP contribution in [-0.2, 0) is 0 Å². The van der Waals surface area contributed by atoms with Crippen LogP contribution in [0.2, 0.25) is 5.02 Å². The predicted octanol–water partition coefficient (Wildman–Crippen LogP) is 4.97. The largest absolute Gasteiger partial charge is 0.340 e. The number of benzene rings is 1. The molecule has 2 aromatic heterocycles. The molecule has 0 atom stereocenters. The molecule has 1 aliphatic rings. The number of nitrogens with zero attached hydrogens (tertiary/aromatic N) is 2. The van der Waals surface area contributed by atoms with Crippen LogP contribution >= 0.6 is 22.9 Å². The van der Waals surface area contributed by atoms with Crippen molar-refractivity contribution < 1.29 is 0 Å². The van der Waals surface area contributed by atoms with E-state index in [1.165, 1.54) is 18.4 Å². The van der Waals surface area contributed by atoms with E-state index in [9.17, 15) is 0 Å². The maximum absolute atomic E-state index is 6.36. The fraction of sp³-hybridized carbons (Fsp3) is 0.200. The second kappa shape index (κ2) is 4.72. The highest BCUT2D eigenvalue weighted by atomic mass is 35.5. The third-order valence-electron chi connectivity index (χ3n) is 3.54. The molecule has 3 aromatic rings. The molecule has 3 nitrogen and oxygen atoms in total. The van der Waals surface area contributed by atoms with E-state index >= 15 is 0 Å². The lowest BCUT2D eigenvalue weighted by molar-refractivity contribution is 1.13. The van der Waals surface area contributed by atoms with Gasteiger partial charge in [-0.1, -0.05) is 17.7 Å². The van der Waals surface area contributed by atoms with Gasteiger partial charge in [-0.2, -0.15) is 0 Å². The van der Waals surface area contributed by atoms with E-state index in [2.05, 4.69) is 27.4 Å². The fourth-order valence-electron chi connectivity index (χ4n) is 2.36.